The summed E-state index contributed by atoms with van der Waals surface area (Å²) in [5.41, 5.74) is 2.09. The Morgan fingerprint density at radius 2 is 2.18 bits per heavy atom. The van der Waals surface area contributed by atoms with Gasteiger partial charge < -0.3 is 14.6 Å². The van der Waals surface area contributed by atoms with E-state index in [0.29, 0.717) is 25.1 Å². The monoisotopic (exact) mass is 301 g/mol. The highest BCUT2D eigenvalue weighted by Crippen LogP contribution is 2.17. The number of anilines is 1. The zero-order valence-electron chi connectivity index (χ0n) is 11.8. The molecule has 3 rings (SSSR count). The Hall–Kier alpha value is -2.83. The summed E-state index contributed by atoms with van der Waals surface area (Å²) in [5.74, 6) is -0.395. The third-order valence-electron chi connectivity index (χ3n) is 3.38. The minimum Gasteiger partial charge on any atom is -0.462 e. The van der Waals surface area contributed by atoms with E-state index in [0.717, 1.165) is 11.3 Å². The van der Waals surface area contributed by atoms with Crippen LogP contribution in [0.5, 0.6) is 0 Å². The van der Waals surface area contributed by atoms with Crippen LogP contribution in [0.15, 0.2) is 41.2 Å². The first kappa shape index (κ1) is 14.1. The summed E-state index contributed by atoms with van der Waals surface area (Å²) >= 11 is 0. The topological polar surface area (TPSA) is 84.7 Å². The molecule has 1 aliphatic heterocycles. The van der Waals surface area contributed by atoms with Crippen LogP contribution in [0.25, 0.3) is 0 Å². The first-order chi connectivity index (χ1) is 10.7. The second kappa shape index (κ2) is 6.30. The van der Waals surface area contributed by atoms with Crippen LogP contribution >= 0.6 is 0 Å². The molecule has 0 spiro atoms. The second-order valence-corrected chi connectivity index (χ2v) is 4.85. The maximum Gasteiger partial charge on any atom is 0.338 e. The molecule has 7 nitrogen and oxygen atoms in total. The lowest BCUT2D eigenvalue weighted by Crippen LogP contribution is -2.27. The van der Waals surface area contributed by atoms with Crippen molar-refractivity contribution < 1.29 is 18.8 Å². The van der Waals surface area contributed by atoms with Crippen molar-refractivity contribution >= 4 is 17.7 Å². The predicted octanol–water partition coefficient (Wildman–Crippen LogP) is 1.60. The largest absolute Gasteiger partial charge is 0.462 e. The number of nitrogens with one attached hydrogen (secondary N) is 1. The average Bonchev–Trinajstić information content (AvgIpc) is 3.19. The van der Waals surface area contributed by atoms with Crippen molar-refractivity contribution in [1.29, 1.82) is 0 Å². The van der Waals surface area contributed by atoms with Gasteiger partial charge in [-0.2, -0.15) is 0 Å². The highest BCUT2D eigenvalue weighted by Gasteiger charge is 2.21. The number of nitrogens with zero attached hydrogens (tertiary/aromatic N) is 2. The number of urea groups is 1. The summed E-state index contributed by atoms with van der Waals surface area (Å²) in [6.45, 7) is 1.52. The summed E-state index contributed by atoms with van der Waals surface area (Å²) < 4.78 is 9.89. The smallest absolute Gasteiger partial charge is 0.338 e. The molecule has 1 aromatic heterocycles. The number of esters is 1. The second-order valence-electron chi connectivity index (χ2n) is 4.85. The molecule has 114 valence electrons. The fraction of sp³-hybridized carbons (Fsp3) is 0.267. The molecule has 0 atom stereocenters. The van der Waals surface area contributed by atoms with Gasteiger partial charge >= 0.3 is 12.0 Å². The molecule has 1 aliphatic rings. The third kappa shape index (κ3) is 3.08. The zero-order valence-corrected chi connectivity index (χ0v) is 11.8. The van der Waals surface area contributed by atoms with E-state index in [4.69, 9.17) is 9.26 Å². The van der Waals surface area contributed by atoms with E-state index in [1.807, 2.05) is 0 Å². The number of hydrogen-bond acceptors (Lipinski definition) is 5. The molecule has 1 aromatic carbocycles. The Labute approximate surface area is 126 Å². The molecule has 2 amide bonds. The van der Waals surface area contributed by atoms with Crippen LogP contribution in [0.1, 0.15) is 15.9 Å². The van der Waals surface area contributed by atoms with E-state index in [9.17, 15) is 9.59 Å². The molecule has 2 heterocycles. The molecule has 0 unspecified atom stereocenters. The van der Waals surface area contributed by atoms with Crippen molar-refractivity contribution in [3.05, 3.63) is 47.9 Å². The lowest BCUT2D eigenvalue weighted by Gasteiger charge is -2.14. The normalized spacial score (nSPS) is 14.0. The molecule has 1 saturated heterocycles. The van der Waals surface area contributed by atoms with Gasteiger partial charge in [-0.15, -0.1) is 0 Å². The van der Waals surface area contributed by atoms with Crippen LogP contribution in [0, 0.1) is 0 Å². The van der Waals surface area contributed by atoms with Crippen LogP contribution in [0.3, 0.4) is 0 Å². The Bertz CT molecular complexity index is 652. The van der Waals surface area contributed by atoms with Gasteiger partial charge in [0.25, 0.3) is 0 Å². The first-order valence-electron chi connectivity index (χ1n) is 6.95. The van der Waals surface area contributed by atoms with E-state index < -0.39 is 5.97 Å². The van der Waals surface area contributed by atoms with Crippen molar-refractivity contribution in [2.75, 3.05) is 24.6 Å². The van der Waals surface area contributed by atoms with Crippen LogP contribution in [-0.2, 0) is 11.2 Å². The fourth-order valence-electron chi connectivity index (χ4n) is 2.19. The fourth-order valence-corrected chi connectivity index (χ4v) is 2.19. The van der Waals surface area contributed by atoms with Crippen LogP contribution < -0.4 is 10.2 Å². The van der Waals surface area contributed by atoms with Gasteiger partial charge in [0.05, 0.1) is 18.4 Å². The number of amides is 2. The van der Waals surface area contributed by atoms with Gasteiger partial charge in [-0.3, -0.25) is 4.90 Å². The minimum absolute atomic E-state index is 0.121. The molecule has 0 saturated carbocycles. The van der Waals surface area contributed by atoms with E-state index in [-0.39, 0.29) is 12.6 Å². The Morgan fingerprint density at radius 3 is 2.82 bits per heavy atom. The summed E-state index contributed by atoms with van der Waals surface area (Å²) in [7, 11) is 0. The zero-order chi connectivity index (χ0) is 15.4. The van der Waals surface area contributed by atoms with Gasteiger partial charge in [-0.1, -0.05) is 5.16 Å². The SMILES string of the molecule is O=C(OCCc1cnoc1)c1ccc(N2CCNC2=O)cc1. The Kier molecular flexibility index (Phi) is 4.04. The van der Waals surface area contributed by atoms with E-state index in [1.165, 1.54) is 6.26 Å². The minimum atomic E-state index is -0.395. The summed E-state index contributed by atoms with van der Waals surface area (Å²) in [6, 6.07) is 6.66. The third-order valence-corrected chi connectivity index (χ3v) is 3.38. The molecule has 2 aromatic rings. The number of aromatic nitrogens is 1. The highest BCUT2D eigenvalue weighted by atomic mass is 16.5. The Morgan fingerprint density at radius 1 is 1.36 bits per heavy atom. The summed E-state index contributed by atoms with van der Waals surface area (Å²) in [5, 5.41) is 6.31. The number of carbonyl (C=O) groups is 2. The number of carbonyl (C=O) groups excluding carboxylic acids is 2. The van der Waals surface area contributed by atoms with Gasteiger partial charge in [-0.25, -0.2) is 9.59 Å². The van der Waals surface area contributed by atoms with Crippen LogP contribution in [0.2, 0.25) is 0 Å². The summed E-state index contributed by atoms with van der Waals surface area (Å²) in [6.07, 6.45) is 3.66. The van der Waals surface area contributed by atoms with Gasteiger partial charge in [0.1, 0.15) is 6.26 Å². The van der Waals surface area contributed by atoms with Gasteiger partial charge in [0.15, 0.2) is 0 Å². The number of rotatable bonds is 5. The molecule has 1 N–H and O–H groups in total. The van der Waals surface area contributed by atoms with E-state index >= 15 is 0 Å². The number of hydrogen-bond donors (Lipinski definition) is 1. The lowest BCUT2D eigenvalue weighted by molar-refractivity contribution is 0.0509. The number of benzene rings is 1. The maximum absolute atomic E-state index is 11.9. The molecule has 22 heavy (non-hydrogen) atoms. The van der Waals surface area contributed by atoms with Crippen molar-refractivity contribution in [1.82, 2.24) is 10.5 Å². The molecule has 0 bridgehead atoms. The maximum atomic E-state index is 11.9. The molecule has 7 heteroatoms. The van der Waals surface area contributed by atoms with Crippen LogP contribution in [-0.4, -0.2) is 36.9 Å². The van der Waals surface area contributed by atoms with E-state index in [1.54, 1.807) is 35.4 Å². The van der Waals surface area contributed by atoms with Gasteiger partial charge in [0.2, 0.25) is 0 Å². The molecular formula is C15H15N3O4. The highest BCUT2D eigenvalue weighted by molar-refractivity contribution is 5.95. The van der Waals surface area contributed by atoms with Gasteiger partial charge in [-0.05, 0) is 24.3 Å². The van der Waals surface area contributed by atoms with Crippen LogP contribution in [0.4, 0.5) is 10.5 Å². The molecular weight excluding hydrogens is 286 g/mol. The molecule has 1 fully saturated rings. The van der Waals surface area contributed by atoms with Crippen molar-refractivity contribution in [3.8, 4) is 0 Å². The van der Waals surface area contributed by atoms with Gasteiger partial charge in [0, 0.05) is 30.8 Å². The van der Waals surface area contributed by atoms with Crippen molar-refractivity contribution in [2.24, 2.45) is 0 Å². The van der Waals surface area contributed by atoms with Crippen molar-refractivity contribution in [2.45, 2.75) is 6.42 Å². The average molecular weight is 301 g/mol. The van der Waals surface area contributed by atoms with E-state index in [2.05, 4.69) is 10.5 Å². The standard InChI is InChI=1S/C15H15N3O4/c19-14(21-8-5-11-9-17-22-10-11)12-1-3-13(4-2-12)18-7-6-16-15(18)20/h1-4,9-10H,5-8H2,(H,16,20). The molecule has 0 aliphatic carbocycles. The molecule has 0 radical (unpaired) electrons. The first-order valence-corrected chi connectivity index (χ1v) is 6.95. The quantitative estimate of drug-likeness (QED) is 0.848. The predicted molar refractivity (Wildman–Crippen MR) is 77.7 cm³/mol. The number of ether oxygens (including phenoxy) is 1. The summed E-state index contributed by atoms with van der Waals surface area (Å²) in [4.78, 5) is 25.1. The lowest BCUT2D eigenvalue weighted by atomic mass is 10.2. The Balaban J connectivity index is 1.55. The van der Waals surface area contributed by atoms with Crippen molar-refractivity contribution in [3.63, 3.8) is 0 Å².